The molecule has 4 heteroatoms. The molecule has 0 bridgehead atoms. The summed E-state index contributed by atoms with van der Waals surface area (Å²) in [5.74, 6) is -2.01. The van der Waals surface area contributed by atoms with Crippen molar-refractivity contribution in [2.75, 3.05) is 19.6 Å². The molecule has 0 amide bonds. The first-order chi connectivity index (χ1) is 10.0. The molecule has 0 aromatic heterocycles. The highest BCUT2D eigenvalue weighted by atomic mass is 19.1. The molecule has 2 nitrogen and oxygen atoms in total. The van der Waals surface area contributed by atoms with E-state index in [9.17, 15) is 13.6 Å². The molecule has 0 radical (unpaired) electrons. The minimum atomic E-state index is -0.770. The Hall–Kier alpha value is -1.29. The normalized spacial score (nSPS) is 18.7. The Balaban J connectivity index is 1.99. The van der Waals surface area contributed by atoms with Crippen molar-refractivity contribution in [2.45, 2.75) is 39.5 Å². The molecule has 1 aliphatic heterocycles. The van der Waals surface area contributed by atoms with Crippen LogP contribution in [0.4, 0.5) is 8.78 Å². The fourth-order valence-electron chi connectivity index (χ4n) is 3.19. The number of carbonyl (C=O) groups is 1. The molecule has 1 saturated heterocycles. The number of nitrogens with zero attached hydrogens (tertiary/aromatic N) is 1. The van der Waals surface area contributed by atoms with E-state index in [1.54, 1.807) is 0 Å². The first kappa shape index (κ1) is 16.1. The van der Waals surface area contributed by atoms with E-state index >= 15 is 0 Å². The molecule has 0 unspecified atom stereocenters. The molecule has 0 atom stereocenters. The van der Waals surface area contributed by atoms with E-state index in [0.717, 1.165) is 50.9 Å². The summed E-state index contributed by atoms with van der Waals surface area (Å²) in [7, 11) is 0. The van der Waals surface area contributed by atoms with Crippen molar-refractivity contribution in [1.29, 1.82) is 0 Å². The molecule has 0 aliphatic carbocycles. The number of carbonyl (C=O) groups excluding carboxylic acids is 1. The molecular formula is C17H23F2NO. The zero-order valence-corrected chi connectivity index (χ0v) is 12.8. The van der Waals surface area contributed by atoms with Crippen LogP contribution in [0.2, 0.25) is 0 Å². The third-order valence-corrected chi connectivity index (χ3v) is 5.03. The summed E-state index contributed by atoms with van der Waals surface area (Å²) in [5, 5.41) is 0. The van der Waals surface area contributed by atoms with Crippen LogP contribution in [0, 0.1) is 17.0 Å². The largest absolute Gasteiger partial charge is 0.296 e. The lowest BCUT2D eigenvalue weighted by Gasteiger charge is -2.40. The fourth-order valence-corrected chi connectivity index (χ4v) is 3.19. The Morgan fingerprint density at radius 2 is 1.67 bits per heavy atom. The first-order valence-electron chi connectivity index (χ1n) is 7.71. The van der Waals surface area contributed by atoms with Gasteiger partial charge in [0.1, 0.15) is 11.6 Å². The Labute approximate surface area is 125 Å². The van der Waals surface area contributed by atoms with Crippen LogP contribution in [-0.2, 0) is 0 Å². The lowest BCUT2D eigenvalue weighted by atomic mass is 9.74. The third kappa shape index (κ3) is 3.49. The van der Waals surface area contributed by atoms with Gasteiger partial charge in [-0.05, 0) is 43.5 Å². The molecule has 1 aromatic carbocycles. The molecule has 1 heterocycles. The molecule has 0 N–H and O–H groups in total. The standard InChI is InChI=1S/C17H23F2NO/c1-3-17(4-2)8-10-20(11-9-17)12-15(21)16-13(18)6-5-7-14(16)19/h5-7H,3-4,8-12H2,1-2H3. The monoisotopic (exact) mass is 295 g/mol. The van der Waals surface area contributed by atoms with Gasteiger partial charge in [0, 0.05) is 0 Å². The Bertz CT molecular complexity index is 481. The van der Waals surface area contributed by atoms with Crippen molar-refractivity contribution < 1.29 is 13.6 Å². The second kappa shape index (κ2) is 6.65. The minimum Gasteiger partial charge on any atom is -0.296 e. The average Bonchev–Trinajstić information content (AvgIpc) is 2.48. The van der Waals surface area contributed by atoms with Crippen molar-refractivity contribution in [2.24, 2.45) is 5.41 Å². The summed E-state index contributed by atoms with van der Waals surface area (Å²) in [4.78, 5) is 14.1. The van der Waals surface area contributed by atoms with E-state index in [4.69, 9.17) is 0 Å². The van der Waals surface area contributed by atoms with Crippen LogP contribution >= 0.6 is 0 Å². The molecule has 0 spiro atoms. The summed E-state index contributed by atoms with van der Waals surface area (Å²) in [6.45, 7) is 6.16. The number of hydrogen-bond donors (Lipinski definition) is 0. The summed E-state index contributed by atoms with van der Waals surface area (Å²) in [6, 6.07) is 3.54. The number of Topliss-reactive ketones (excluding diaryl/α,β-unsaturated/α-hetero) is 1. The average molecular weight is 295 g/mol. The Morgan fingerprint density at radius 3 is 2.14 bits per heavy atom. The predicted octanol–water partition coefficient (Wildman–Crippen LogP) is 4.05. The van der Waals surface area contributed by atoms with Gasteiger partial charge in [-0.1, -0.05) is 32.8 Å². The maximum atomic E-state index is 13.6. The van der Waals surface area contributed by atoms with Crippen molar-refractivity contribution in [1.82, 2.24) is 4.90 Å². The van der Waals surface area contributed by atoms with E-state index in [-0.39, 0.29) is 6.54 Å². The van der Waals surface area contributed by atoms with Gasteiger partial charge in [0.15, 0.2) is 5.78 Å². The lowest BCUT2D eigenvalue weighted by molar-refractivity contribution is 0.0750. The van der Waals surface area contributed by atoms with Crippen molar-refractivity contribution in [3.63, 3.8) is 0 Å². The highest BCUT2D eigenvalue weighted by molar-refractivity contribution is 5.98. The number of hydrogen-bond acceptors (Lipinski definition) is 2. The quantitative estimate of drug-likeness (QED) is 0.764. The summed E-state index contributed by atoms with van der Waals surface area (Å²) < 4.78 is 27.2. The van der Waals surface area contributed by atoms with Crippen LogP contribution in [0.3, 0.4) is 0 Å². The van der Waals surface area contributed by atoms with Gasteiger partial charge in [0.25, 0.3) is 0 Å². The highest BCUT2D eigenvalue weighted by Crippen LogP contribution is 2.37. The van der Waals surface area contributed by atoms with Gasteiger partial charge >= 0.3 is 0 Å². The minimum absolute atomic E-state index is 0.0986. The van der Waals surface area contributed by atoms with Gasteiger partial charge in [0.2, 0.25) is 0 Å². The van der Waals surface area contributed by atoms with Gasteiger partial charge in [-0.25, -0.2) is 8.78 Å². The molecule has 21 heavy (non-hydrogen) atoms. The molecule has 1 fully saturated rings. The number of rotatable bonds is 5. The van der Waals surface area contributed by atoms with Gasteiger partial charge < -0.3 is 0 Å². The second-order valence-corrected chi connectivity index (χ2v) is 6.00. The van der Waals surface area contributed by atoms with Gasteiger partial charge in [-0.3, -0.25) is 9.69 Å². The highest BCUT2D eigenvalue weighted by Gasteiger charge is 2.32. The fraction of sp³-hybridized carbons (Fsp3) is 0.588. The number of likely N-dealkylation sites (tertiary alicyclic amines) is 1. The first-order valence-corrected chi connectivity index (χ1v) is 7.71. The third-order valence-electron chi connectivity index (χ3n) is 5.03. The van der Waals surface area contributed by atoms with Gasteiger partial charge in [-0.15, -0.1) is 0 Å². The summed E-state index contributed by atoms with van der Waals surface area (Å²) >= 11 is 0. The number of benzene rings is 1. The van der Waals surface area contributed by atoms with E-state index in [1.165, 1.54) is 6.07 Å². The van der Waals surface area contributed by atoms with Crippen LogP contribution in [-0.4, -0.2) is 30.3 Å². The Morgan fingerprint density at radius 1 is 1.14 bits per heavy atom. The molecule has 1 aromatic rings. The van der Waals surface area contributed by atoms with Crippen molar-refractivity contribution in [3.05, 3.63) is 35.4 Å². The van der Waals surface area contributed by atoms with Crippen LogP contribution in [0.1, 0.15) is 49.9 Å². The van der Waals surface area contributed by atoms with Gasteiger partial charge in [-0.2, -0.15) is 0 Å². The van der Waals surface area contributed by atoms with Crippen LogP contribution in [0.25, 0.3) is 0 Å². The number of halogens is 2. The number of ketones is 1. The zero-order valence-electron chi connectivity index (χ0n) is 12.8. The van der Waals surface area contributed by atoms with E-state index < -0.39 is 23.0 Å². The smallest absolute Gasteiger partial charge is 0.182 e. The van der Waals surface area contributed by atoms with Crippen molar-refractivity contribution >= 4 is 5.78 Å². The summed E-state index contributed by atoms with van der Waals surface area (Å²) in [5.41, 5.74) is -0.0247. The van der Waals surface area contributed by atoms with E-state index in [2.05, 4.69) is 13.8 Å². The molecule has 0 saturated carbocycles. The zero-order chi connectivity index (χ0) is 15.5. The maximum Gasteiger partial charge on any atom is 0.182 e. The van der Waals surface area contributed by atoms with Crippen LogP contribution in [0.5, 0.6) is 0 Å². The predicted molar refractivity (Wildman–Crippen MR) is 79.4 cm³/mol. The SMILES string of the molecule is CCC1(CC)CCN(CC(=O)c2c(F)cccc2F)CC1. The lowest BCUT2D eigenvalue weighted by Crippen LogP contribution is -2.42. The van der Waals surface area contributed by atoms with Crippen LogP contribution in [0.15, 0.2) is 18.2 Å². The van der Waals surface area contributed by atoms with Crippen LogP contribution < -0.4 is 0 Å². The molecule has 2 rings (SSSR count). The summed E-state index contributed by atoms with van der Waals surface area (Å²) in [6.07, 6.45) is 4.39. The second-order valence-electron chi connectivity index (χ2n) is 6.00. The van der Waals surface area contributed by atoms with Gasteiger partial charge in [0.05, 0.1) is 12.1 Å². The van der Waals surface area contributed by atoms with E-state index in [0.29, 0.717) is 5.41 Å². The number of piperidine rings is 1. The molecular weight excluding hydrogens is 272 g/mol. The van der Waals surface area contributed by atoms with E-state index in [1.807, 2.05) is 4.90 Å². The maximum absolute atomic E-state index is 13.6. The topological polar surface area (TPSA) is 20.3 Å². The van der Waals surface area contributed by atoms with Crippen molar-refractivity contribution in [3.8, 4) is 0 Å². The Kier molecular flexibility index (Phi) is 5.09. The molecule has 1 aliphatic rings. The molecule has 116 valence electrons.